The lowest BCUT2D eigenvalue weighted by atomic mass is 10.1. The van der Waals surface area contributed by atoms with Crippen molar-refractivity contribution < 1.29 is 14.4 Å². The molecule has 0 bridgehead atoms. The maximum absolute atomic E-state index is 12.2. The summed E-state index contributed by atoms with van der Waals surface area (Å²) in [5.41, 5.74) is 4.57. The van der Waals surface area contributed by atoms with Gasteiger partial charge in [-0.25, -0.2) is 9.50 Å². The molecule has 3 amide bonds. The highest BCUT2D eigenvalue weighted by Crippen LogP contribution is 2.23. The smallest absolute Gasteiger partial charge is 0.288 e. The lowest BCUT2D eigenvalue weighted by Crippen LogP contribution is -2.37. The van der Waals surface area contributed by atoms with Crippen molar-refractivity contribution in [1.29, 1.82) is 0 Å². The molecule has 9 heteroatoms. The molecule has 1 aromatic carbocycles. The number of thioether (sulfide) groups is 1. The van der Waals surface area contributed by atoms with Gasteiger partial charge in [0.1, 0.15) is 0 Å². The molecule has 0 aliphatic carbocycles. The molecule has 0 unspecified atom stereocenters. The van der Waals surface area contributed by atoms with Crippen LogP contribution in [0.25, 0.3) is 16.6 Å². The highest BCUT2D eigenvalue weighted by Gasteiger charge is 2.29. The van der Waals surface area contributed by atoms with E-state index in [9.17, 15) is 14.4 Å². The summed E-state index contributed by atoms with van der Waals surface area (Å²) in [7, 11) is 0. The zero-order valence-corrected chi connectivity index (χ0v) is 17.1. The van der Waals surface area contributed by atoms with Crippen molar-refractivity contribution >= 4 is 45.4 Å². The topological polar surface area (TPSA) is 96.7 Å². The molecular formula is C20H21N5O3S. The fraction of sp³-hybridized carbons (Fsp3) is 0.350. The second-order valence-corrected chi connectivity index (χ2v) is 7.89. The number of carbonyl (C=O) groups is 3. The number of nitrogens with one attached hydrogen (secondary N) is 1. The third-order valence-electron chi connectivity index (χ3n) is 5.12. The number of amides is 3. The van der Waals surface area contributed by atoms with Crippen molar-refractivity contribution in [2.45, 2.75) is 26.7 Å². The lowest BCUT2D eigenvalue weighted by molar-refractivity contribution is -0.125. The summed E-state index contributed by atoms with van der Waals surface area (Å²) in [5, 5.41) is 8.17. The van der Waals surface area contributed by atoms with E-state index in [0.717, 1.165) is 45.3 Å². The van der Waals surface area contributed by atoms with Crippen LogP contribution >= 0.6 is 11.8 Å². The van der Waals surface area contributed by atoms with Gasteiger partial charge < -0.3 is 5.32 Å². The molecule has 8 nitrogen and oxygen atoms in total. The Morgan fingerprint density at radius 1 is 1.24 bits per heavy atom. The molecule has 1 aliphatic heterocycles. The van der Waals surface area contributed by atoms with Crippen LogP contribution in [0.3, 0.4) is 0 Å². The molecule has 0 radical (unpaired) electrons. The van der Waals surface area contributed by atoms with Gasteiger partial charge in [-0.3, -0.25) is 19.3 Å². The number of carbonyl (C=O) groups excluding carboxylic acids is 3. The summed E-state index contributed by atoms with van der Waals surface area (Å²) in [6.07, 6.45) is 0.840. The van der Waals surface area contributed by atoms with Crippen molar-refractivity contribution in [3.63, 3.8) is 0 Å². The number of imide groups is 1. The number of fused-ring (bicyclic) bond motifs is 3. The minimum atomic E-state index is -0.249. The molecule has 4 rings (SSSR count). The summed E-state index contributed by atoms with van der Waals surface area (Å²) in [6, 6.07) is 7.88. The van der Waals surface area contributed by atoms with Gasteiger partial charge in [0, 0.05) is 36.3 Å². The molecule has 3 aromatic rings. The SMILES string of the molecule is Cc1nc2c3ccccc3nn2c(C)c1CCC(=O)NCCN1C(=O)CSC1=O. The Morgan fingerprint density at radius 3 is 2.79 bits per heavy atom. The first-order valence-corrected chi connectivity index (χ1v) is 10.4. The highest BCUT2D eigenvalue weighted by molar-refractivity contribution is 8.14. The quantitative estimate of drug-likeness (QED) is 0.668. The van der Waals surface area contributed by atoms with Crippen LogP contribution in [-0.2, 0) is 16.0 Å². The van der Waals surface area contributed by atoms with Crippen molar-refractivity contribution in [2.24, 2.45) is 0 Å². The summed E-state index contributed by atoms with van der Waals surface area (Å²) < 4.78 is 1.84. The summed E-state index contributed by atoms with van der Waals surface area (Å²) in [5.74, 6) is -0.142. The molecular weight excluding hydrogens is 390 g/mol. The number of nitrogens with zero attached hydrogens (tertiary/aromatic N) is 4. The third kappa shape index (κ3) is 3.69. The number of aryl methyl sites for hydroxylation is 2. The van der Waals surface area contributed by atoms with Gasteiger partial charge in [0.15, 0.2) is 5.65 Å². The minimum Gasteiger partial charge on any atom is -0.354 e. The Labute approximate surface area is 171 Å². The molecule has 3 heterocycles. The van der Waals surface area contributed by atoms with Gasteiger partial charge in [0.2, 0.25) is 11.8 Å². The Bertz CT molecular complexity index is 1120. The first-order chi connectivity index (χ1) is 14.0. The standard InChI is InChI=1S/C20H21N5O3S/c1-12-14(7-8-17(26)21-9-10-24-18(27)11-29-20(24)28)13(2)25-19(22-12)15-5-3-4-6-16(15)23-25/h3-6H,7-11H2,1-2H3,(H,21,26). The summed E-state index contributed by atoms with van der Waals surface area (Å²) in [6.45, 7) is 4.41. The van der Waals surface area contributed by atoms with Crippen molar-refractivity contribution in [3.05, 3.63) is 41.2 Å². The predicted molar refractivity (Wildman–Crippen MR) is 111 cm³/mol. The molecule has 0 atom stereocenters. The van der Waals surface area contributed by atoms with Crippen LogP contribution in [0.15, 0.2) is 24.3 Å². The van der Waals surface area contributed by atoms with E-state index >= 15 is 0 Å². The van der Waals surface area contributed by atoms with Gasteiger partial charge in [0.05, 0.1) is 11.3 Å². The molecule has 0 saturated carbocycles. The van der Waals surface area contributed by atoms with Gasteiger partial charge in [-0.2, -0.15) is 5.10 Å². The second-order valence-electron chi connectivity index (χ2n) is 6.96. The summed E-state index contributed by atoms with van der Waals surface area (Å²) in [4.78, 5) is 41.3. The molecule has 2 aromatic heterocycles. The summed E-state index contributed by atoms with van der Waals surface area (Å²) >= 11 is 0.995. The molecule has 29 heavy (non-hydrogen) atoms. The maximum atomic E-state index is 12.2. The van der Waals surface area contributed by atoms with E-state index in [1.54, 1.807) is 0 Å². The first kappa shape index (κ1) is 19.4. The zero-order chi connectivity index (χ0) is 20.5. The van der Waals surface area contributed by atoms with Crippen LogP contribution in [0, 0.1) is 13.8 Å². The maximum Gasteiger partial charge on any atom is 0.288 e. The van der Waals surface area contributed by atoms with Crippen molar-refractivity contribution in [1.82, 2.24) is 24.8 Å². The van der Waals surface area contributed by atoms with Crippen LogP contribution in [0.5, 0.6) is 0 Å². The fourth-order valence-corrected chi connectivity index (χ4v) is 4.32. The average Bonchev–Trinajstić information content (AvgIpc) is 3.23. The lowest BCUT2D eigenvalue weighted by Gasteiger charge is -2.14. The van der Waals surface area contributed by atoms with Crippen LogP contribution in [0.1, 0.15) is 23.4 Å². The van der Waals surface area contributed by atoms with E-state index in [0.29, 0.717) is 12.8 Å². The number of benzene rings is 1. The van der Waals surface area contributed by atoms with Crippen molar-refractivity contribution in [2.75, 3.05) is 18.8 Å². The van der Waals surface area contributed by atoms with Crippen LogP contribution in [0.4, 0.5) is 4.79 Å². The number of rotatable bonds is 6. The second kappa shape index (κ2) is 7.82. The van der Waals surface area contributed by atoms with E-state index in [1.807, 2.05) is 42.6 Å². The normalized spacial score (nSPS) is 14.3. The van der Waals surface area contributed by atoms with Crippen LogP contribution in [-0.4, -0.2) is 55.4 Å². The Hall–Kier alpha value is -2.94. The monoisotopic (exact) mass is 411 g/mol. The first-order valence-electron chi connectivity index (χ1n) is 9.43. The Kier molecular flexibility index (Phi) is 5.23. The van der Waals surface area contributed by atoms with Gasteiger partial charge in [-0.15, -0.1) is 0 Å². The number of hydrogen-bond donors (Lipinski definition) is 1. The third-order valence-corrected chi connectivity index (χ3v) is 5.98. The van der Waals surface area contributed by atoms with E-state index in [-0.39, 0.29) is 35.9 Å². The molecule has 1 N–H and O–H groups in total. The highest BCUT2D eigenvalue weighted by atomic mass is 32.2. The number of hydrogen-bond acceptors (Lipinski definition) is 6. The predicted octanol–water partition coefficient (Wildman–Crippen LogP) is 2.24. The van der Waals surface area contributed by atoms with Gasteiger partial charge in [0.25, 0.3) is 5.24 Å². The van der Waals surface area contributed by atoms with E-state index in [1.165, 1.54) is 4.90 Å². The number of aromatic nitrogens is 3. The zero-order valence-electron chi connectivity index (χ0n) is 16.3. The Balaban J connectivity index is 1.41. The average molecular weight is 411 g/mol. The fourth-order valence-electron chi connectivity index (χ4n) is 3.57. The van der Waals surface area contributed by atoms with E-state index in [2.05, 4.69) is 10.4 Å². The van der Waals surface area contributed by atoms with Crippen LogP contribution < -0.4 is 5.32 Å². The van der Waals surface area contributed by atoms with Gasteiger partial charge in [-0.1, -0.05) is 23.9 Å². The van der Waals surface area contributed by atoms with Crippen LogP contribution in [0.2, 0.25) is 0 Å². The van der Waals surface area contributed by atoms with E-state index in [4.69, 9.17) is 4.98 Å². The molecule has 150 valence electrons. The Morgan fingerprint density at radius 2 is 2.03 bits per heavy atom. The molecule has 1 fully saturated rings. The van der Waals surface area contributed by atoms with Crippen molar-refractivity contribution in [3.8, 4) is 0 Å². The van der Waals surface area contributed by atoms with Gasteiger partial charge >= 0.3 is 0 Å². The molecule has 1 aliphatic rings. The molecule has 0 spiro atoms. The van der Waals surface area contributed by atoms with Gasteiger partial charge in [-0.05, 0) is 38.0 Å². The molecule has 1 saturated heterocycles. The minimum absolute atomic E-state index is 0.124. The van der Waals surface area contributed by atoms with E-state index < -0.39 is 0 Å². The largest absolute Gasteiger partial charge is 0.354 e.